The van der Waals surface area contributed by atoms with Crippen LogP contribution in [0.15, 0.2) is 48.5 Å². The number of fused-ring (bicyclic) bond motifs is 3. The number of methoxy groups -OCH3 is 1. The molecule has 0 bridgehead atoms. The van der Waals surface area contributed by atoms with Crippen LogP contribution in [0.25, 0.3) is 11.1 Å². The Balaban J connectivity index is 1.47. The van der Waals surface area contributed by atoms with E-state index in [1.807, 2.05) is 24.3 Å². The van der Waals surface area contributed by atoms with Crippen LogP contribution < -0.4 is 5.32 Å². The van der Waals surface area contributed by atoms with Crippen LogP contribution in [-0.4, -0.2) is 42.5 Å². The zero-order valence-corrected chi connectivity index (χ0v) is 15.7. The Hall–Kier alpha value is -2.86. The maximum Gasteiger partial charge on any atom is 0.407 e. The van der Waals surface area contributed by atoms with Gasteiger partial charge in [-0.15, -0.1) is 0 Å². The van der Waals surface area contributed by atoms with Crippen molar-refractivity contribution in [2.45, 2.75) is 36.8 Å². The largest absolute Gasteiger partial charge is 0.481 e. The van der Waals surface area contributed by atoms with Crippen LogP contribution in [0.5, 0.6) is 0 Å². The summed E-state index contributed by atoms with van der Waals surface area (Å²) in [5, 5.41) is 12.0. The van der Waals surface area contributed by atoms with E-state index in [2.05, 4.69) is 29.6 Å². The second kappa shape index (κ2) is 7.28. The van der Waals surface area contributed by atoms with Crippen molar-refractivity contribution in [3.05, 3.63) is 59.7 Å². The van der Waals surface area contributed by atoms with Crippen LogP contribution in [0.1, 0.15) is 36.3 Å². The van der Waals surface area contributed by atoms with Crippen molar-refractivity contribution in [2.75, 3.05) is 13.7 Å². The first kappa shape index (κ1) is 18.5. The van der Waals surface area contributed by atoms with E-state index in [0.29, 0.717) is 12.8 Å². The molecule has 4 rings (SSSR count). The molecule has 2 N–H and O–H groups in total. The van der Waals surface area contributed by atoms with Gasteiger partial charge in [-0.3, -0.25) is 4.79 Å². The minimum atomic E-state index is -0.972. The maximum atomic E-state index is 12.5. The van der Waals surface area contributed by atoms with Gasteiger partial charge in [0, 0.05) is 13.0 Å². The Labute approximate surface area is 163 Å². The summed E-state index contributed by atoms with van der Waals surface area (Å²) in [5.41, 5.74) is 3.69. The van der Waals surface area contributed by atoms with Gasteiger partial charge in [-0.05, 0) is 35.1 Å². The number of alkyl carbamates (subject to hydrolysis) is 1. The fourth-order valence-corrected chi connectivity index (χ4v) is 4.45. The molecule has 6 heteroatoms. The highest BCUT2D eigenvalue weighted by Crippen LogP contribution is 2.44. The molecule has 6 nitrogen and oxygen atoms in total. The third-order valence-corrected chi connectivity index (χ3v) is 5.91. The van der Waals surface area contributed by atoms with E-state index in [0.717, 1.165) is 22.3 Å². The van der Waals surface area contributed by atoms with Crippen LogP contribution >= 0.6 is 0 Å². The lowest BCUT2D eigenvalue weighted by Gasteiger charge is -2.47. The molecule has 1 saturated carbocycles. The van der Waals surface area contributed by atoms with E-state index in [4.69, 9.17) is 9.47 Å². The number of rotatable bonds is 6. The Morgan fingerprint density at radius 2 is 1.71 bits per heavy atom. The van der Waals surface area contributed by atoms with Gasteiger partial charge in [-0.1, -0.05) is 48.5 Å². The van der Waals surface area contributed by atoms with Gasteiger partial charge < -0.3 is 19.9 Å². The first-order chi connectivity index (χ1) is 13.5. The minimum Gasteiger partial charge on any atom is -0.481 e. The third kappa shape index (κ3) is 3.14. The summed E-state index contributed by atoms with van der Waals surface area (Å²) in [6.45, 7) is 0.195. The van der Waals surface area contributed by atoms with E-state index < -0.39 is 17.6 Å². The second-order valence-electron chi connectivity index (χ2n) is 7.44. The molecule has 2 aromatic carbocycles. The standard InChI is InChI=1S/C22H23NO5/c1-27-19-10-11-22(19,12-20(24)25)23-21(26)28-13-18-16-8-4-2-6-14(16)15-7-3-5-9-17(15)18/h2-9,18-19H,10-13H2,1H3,(H,23,26)(H,24,25). The highest BCUT2D eigenvalue weighted by Gasteiger charge is 2.50. The molecule has 28 heavy (non-hydrogen) atoms. The molecule has 2 aromatic rings. The average Bonchev–Trinajstić information content (AvgIpc) is 2.99. The van der Waals surface area contributed by atoms with Crippen LogP contribution in [0.2, 0.25) is 0 Å². The van der Waals surface area contributed by atoms with Crippen LogP contribution in [0.4, 0.5) is 4.79 Å². The van der Waals surface area contributed by atoms with Crippen LogP contribution in [0, 0.1) is 0 Å². The third-order valence-electron chi connectivity index (χ3n) is 5.91. The Morgan fingerprint density at radius 1 is 1.11 bits per heavy atom. The fourth-order valence-electron chi connectivity index (χ4n) is 4.45. The van der Waals surface area contributed by atoms with E-state index in [-0.39, 0.29) is 25.0 Å². The van der Waals surface area contributed by atoms with Crippen molar-refractivity contribution in [1.82, 2.24) is 5.32 Å². The number of hydrogen-bond donors (Lipinski definition) is 2. The number of carbonyl (C=O) groups is 2. The fraction of sp³-hybridized carbons (Fsp3) is 0.364. The van der Waals surface area contributed by atoms with Crippen molar-refractivity contribution in [2.24, 2.45) is 0 Å². The summed E-state index contributed by atoms with van der Waals surface area (Å²) >= 11 is 0. The number of nitrogens with one attached hydrogen (secondary N) is 1. The molecule has 2 atom stereocenters. The van der Waals surface area contributed by atoms with Crippen molar-refractivity contribution < 1.29 is 24.2 Å². The number of carbonyl (C=O) groups excluding carboxylic acids is 1. The van der Waals surface area contributed by atoms with Gasteiger partial charge in [-0.2, -0.15) is 0 Å². The van der Waals surface area contributed by atoms with Gasteiger partial charge in [0.1, 0.15) is 6.61 Å². The molecule has 1 amide bonds. The van der Waals surface area contributed by atoms with E-state index in [1.165, 1.54) is 7.11 Å². The molecule has 1 fully saturated rings. The molecule has 2 unspecified atom stereocenters. The smallest absolute Gasteiger partial charge is 0.407 e. The van der Waals surface area contributed by atoms with Gasteiger partial charge in [-0.25, -0.2) is 4.79 Å². The van der Waals surface area contributed by atoms with Gasteiger partial charge in [0.2, 0.25) is 0 Å². The summed E-state index contributed by atoms with van der Waals surface area (Å²) < 4.78 is 10.9. The number of carboxylic acid groups (broad SMARTS) is 1. The topological polar surface area (TPSA) is 84.9 Å². The first-order valence-electron chi connectivity index (χ1n) is 9.42. The molecule has 2 aliphatic carbocycles. The zero-order valence-electron chi connectivity index (χ0n) is 15.7. The minimum absolute atomic E-state index is 0.0341. The van der Waals surface area contributed by atoms with Crippen molar-refractivity contribution in [3.63, 3.8) is 0 Å². The summed E-state index contributed by atoms with van der Waals surface area (Å²) in [6, 6.07) is 16.2. The van der Waals surface area contributed by atoms with E-state index in [9.17, 15) is 14.7 Å². The number of carboxylic acids is 1. The number of aliphatic carboxylic acids is 1. The lowest BCUT2D eigenvalue weighted by atomic mass is 9.71. The predicted octanol–water partition coefficient (Wildman–Crippen LogP) is 3.55. The number of ether oxygens (including phenoxy) is 2. The van der Waals surface area contributed by atoms with Crippen LogP contribution in [-0.2, 0) is 14.3 Å². The molecule has 0 aromatic heterocycles. The van der Waals surface area contributed by atoms with Crippen molar-refractivity contribution in [3.8, 4) is 11.1 Å². The Bertz CT molecular complexity index is 864. The van der Waals surface area contributed by atoms with Gasteiger partial charge in [0.15, 0.2) is 0 Å². The number of hydrogen-bond acceptors (Lipinski definition) is 4. The zero-order chi connectivity index (χ0) is 19.7. The normalized spacial score (nSPS) is 22.7. The highest BCUT2D eigenvalue weighted by molar-refractivity contribution is 5.79. The number of amides is 1. The molecule has 0 aliphatic heterocycles. The average molecular weight is 381 g/mol. The van der Waals surface area contributed by atoms with Gasteiger partial charge in [0.05, 0.1) is 18.1 Å². The molecular formula is C22H23NO5. The van der Waals surface area contributed by atoms with Crippen LogP contribution in [0.3, 0.4) is 0 Å². The predicted molar refractivity (Wildman–Crippen MR) is 103 cm³/mol. The van der Waals surface area contributed by atoms with Crippen molar-refractivity contribution in [1.29, 1.82) is 0 Å². The summed E-state index contributed by atoms with van der Waals surface area (Å²) in [6.07, 6.45) is 0.166. The monoisotopic (exact) mass is 381 g/mol. The second-order valence-corrected chi connectivity index (χ2v) is 7.44. The van der Waals surface area contributed by atoms with Gasteiger partial charge >= 0.3 is 12.1 Å². The van der Waals surface area contributed by atoms with Crippen molar-refractivity contribution >= 4 is 12.1 Å². The Morgan fingerprint density at radius 3 is 2.21 bits per heavy atom. The van der Waals surface area contributed by atoms with E-state index >= 15 is 0 Å². The number of benzene rings is 2. The Kier molecular flexibility index (Phi) is 4.81. The summed E-state index contributed by atoms with van der Waals surface area (Å²) in [4.78, 5) is 23.7. The SMILES string of the molecule is COC1CCC1(CC(=O)O)NC(=O)OCC1c2ccccc2-c2ccccc21. The highest BCUT2D eigenvalue weighted by atomic mass is 16.5. The lowest BCUT2D eigenvalue weighted by molar-refractivity contribution is -0.144. The van der Waals surface area contributed by atoms with E-state index in [1.54, 1.807) is 0 Å². The quantitative estimate of drug-likeness (QED) is 0.799. The maximum absolute atomic E-state index is 12.5. The van der Waals surface area contributed by atoms with Gasteiger partial charge in [0.25, 0.3) is 0 Å². The molecule has 0 spiro atoms. The molecule has 2 aliphatic rings. The molecule has 146 valence electrons. The lowest BCUT2D eigenvalue weighted by Crippen LogP contribution is -2.64. The first-order valence-corrected chi connectivity index (χ1v) is 9.42. The molecule has 0 heterocycles. The molecule has 0 radical (unpaired) electrons. The summed E-state index contributed by atoms with van der Waals surface area (Å²) in [5.74, 6) is -1.01. The molecular weight excluding hydrogens is 358 g/mol. The molecule has 0 saturated heterocycles. The summed E-state index contributed by atoms with van der Waals surface area (Å²) in [7, 11) is 1.53.